The maximum absolute atomic E-state index is 13.4. The standard InChI is InChI=1S/C11H14ClFN2O2/c1-11(2,3)10(17)15-14-8-5-9(16)6(12)4-7(8)13/h4-5,14,16H,1-3H3,(H,15,17). The van der Waals surface area contributed by atoms with E-state index in [0.29, 0.717) is 0 Å². The molecule has 0 unspecified atom stereocenters. The number of phenols is 1. The van der Waals surface area contributed by atoms with Crippen molar-refractivity contribution in [2.75, 3.05) is 5.43 Å². The van der Waals surface area contributed by atoms with Gasteiger partial charge in [-0.15, -0.1) is 0 Å². The van der Waals surface area contributed by atoms with Crippen LogP contribution in [0.3, 0.4) is 0 Å². The molecular weight excluding hydrogens is 247 g/mol. The van der Waals surface area contributed by atoms with E-state index in [4.69, 9.17) is 11.6 Å². The number of hydrogen-bond acceptors (Lipinski definition) is 3. The quantitative estimate of drug-likeness (QED) is 0.717. The van der Waals surface area contributed by atoms with Gasteiger partial charge in [0.25, 0.3) is 0 Å². The largest absolute Gasteiger partial charge is 0.506 e. The summed E-state index contributed by atoms with van der Waals surface area (Å²) in [7, 11) is 0. The Kier molecular flexibility index (Phi) is 3.83. The number of nitrogens with one attached hydrogen (secondary N) is 2. The molecule has 0 spiro atoms. The maximum Gasteiger partial charge on any atom is 0.243 e. The average Bonchev–Trinajstić information content (AvgIpc) is 2.19. The van der Waals surface area contributed by atoms with Gasteiger partial charge in [-0.2, -0.15) is 0 Å². The third-order valence-electron chi connectivity index (χ3n) is 2.03. The molecule has 0 saturated heterocycles. The Morgan fingerprint density at radius 3 is 2.53 bits per heavy atom. The van der Waals surface area contributed by atoms with Gasteiger partial charge in [-0.05, 0) is 6.07 Å². The van der Waals surface area contributed by atoms with Crippen LogP contribution >= 0.6 is 11.6 Å². The molecule has 0 saturated carbocycles. The molecule has 1 amide bonds. The number of aromatic hydroxyl groups is 1. The molecule has 0 aliphatic heterocycles. The highest BCUT2D eigenvalue weighted by Gasteiger charge is 2.21. The van der Waals surface area contributed by atoms with E-state index in [1.807, 2.05) is 0 Å². The highest BCUT2D eigenvalue weighted by molar-refractivity contribution is 6.32. The number of anilines is 1. The molecule has 3 N–H and O–H groups in total. The molecule has 0 aliphatic carbocycles. The molecule has 0 bridgehead atoms. The molecule has 0 fully saturated rings. The Balaban J connectivity index is 2.77. The van der Waals surface area contributed by atoms with E-state index >= 15 is 0 Å². The summed E-state index contributed by atoms with van der Waals surface area (Å²) in [5, 5.41) is 9.21. The molecule has 0 aliphatic rings. The first kappa shape index (κ1) is 13.6. The highest BCUT2D eigenvalue weighted by Crippen LogP contribution is 2.28. The second-order valence-corrected chi connectivity index (χ2v) is 5.02. The van der Waals surface area contributed by atoms with Gasteiger partial charge in [0.15, 0.2) is 0 Å². The van der Waals surface area contributed by atoms with Crippen LogP contribution in [0.2, 0.25) is 5.02 Å². The fraction of sp³-hybridized carbons (Fsp3) is 0.364. The van der Waals surface area contributed by atoms with Crippen LogP contribution < -0.4 is 10.9 Å². The van der Waals surface area contributed by atoms with Gasteiger partial charge in [0.1, 0.15) is 11.6 Å². The van der Waals surface area contributed by atoms with E-state index in [9.17, 15) is 14.3 Å². The van der Waals surface area contributed by atoms with Crippen LogP contribution in [-0.2, 0) is 4.79 Å². The van der Waals surface area contributed by atoms with Crippen molar-refractivity contribution in [1.29, 1.82) is 0 Å². The lowest BCUT2D eigenvalue weighted by Crippen LogP contribution is -2.38. The first-order valence-electron chi connectivity index (χ1n) is 4.96. The average molecular weight is 261 g/mol. The number of hydrazine groups is 1. The normalized spacial score (nSPS) is 11.1. The molecule has 1 aromatic rings. The van der Waals surface area contributed by atoms with Gasteiger partial charge < -0.3 is 5.11 Å². The molecule has 0 heterocycles. The van der Waals surface area contributed by atoms with Crippen molar-refractivity contribution in [3.05, 3.63) is 23.0 Å². The Morgan fingerprint density at radius 2 is 2.00 bits per heavy atom. The second kappa shape index (κ2) is 4.79. The van der Waals surface area contributed by atoms with Crippen LogP contribution in [-0.4, -0.2) is 11.0 Å². The number of amides is 1. The number of carbonyl (C=O) groups excluding carboxylic acids is 1. The van der Waals surface area contributed by atoms with Crippen LogP contribution in [0.15, 0.2) is 12.1 Å². The summed E-state index contributed by atoms with van der Waals surface area (Å²) in [4.78, 5) is 11.5. The number of hydrogen-bond donors (Lipinski definition) is 3. The van der Waals surface area contributed by atoms with Gasteiger partial charge in [0.2, 0.25) is 5.91 Å². The lowest BCUT2D eigenvalue weighted by atomic mass is 9.96. The van der Waals surface area contributed by atoms with Gasteiger partial charge in [-0.25, -0.2) is 4.39 Å². The zero-order chi connectivity index (χ0) is 13.2. The van der Waals surface area contributed by atoms with Crippen molar-refractivity contribution in [3.8, 4) is 5.75 Å². The van der Waals surface area contributed by atoms with Gasteiger partial charge in [-0.1, -0.05) is 32.4 Å². The summed E-state index contributed by atoms with van der Waals surface area (Å²) in [5.41, 5.74) is 4.09. The number of rotatable bonds is 2. The number of phenolic OH excluding ortho intramolecular Hbond substituents is 1. The molecule has 0 atom stereocenters. The first-order valence-corrected chi connectivity index (χ1v) is 5.34. The molecule has 0 aromatic heterocycles. The van der Waals surface area contributed by atoms with E-state index in [0.717, 1.165) is 12.1 Å². The Morgan fingerprint density at radius 1 is 1.41 bits per heavy atom. The minimum atomic E-state index is -0.665. The third-order valence-corrected chi connectivity index (χ3v) is 2.33. The van der Waals surface area contributed by atoms with Crippen molar-refractivity contribution in [2.45, 2.75) is 20.8 Å². The molecule has 1 aromatic carbocycles. The van der Waals surface area contributed by atoms with Crippen molar-refractivity contribution in [2.24, 2.45) is 5.41 Å². The fourth-order valence-electron chi connectivity index (χ4n) is 0.945. The minimum absolute atomic E-state index is 0.0514. The van der Waals surface area contributed by atoms with E-state index in [-0.39, 0.29) is 22.4 Å². The predicted molar refractivity (Wildman–Crippen MR) is 64.3 cm³/mol. The van der Waals surface area contributed by atoms with Gasteiger partial charge >= 0.3 is 0 Å². The van der Waals surface area contributed by atoms with E-state index in [1.54, 1.807) is 20.8 Å². The summed E-state index contributed by atoms with van der Waals surface area (Å²) in [6, 6.07) is 2.06. The monoisotopic (exact) mass is 260 g/mol. The van der Waals surface area contributed by atoms with Crippen molar-refractivity contribution in [3.63, 3.8) is 0 Å². The first-order chi connectivity index (χ1) is 7.71. The summed E-state index contributed by atoms with van der Waals surface area (Å²) < 4.78 is 13.4. The Labute approximate surface area is 104 Å². The van der Waals surface area contributed by atoms with E-state index in [1.165, 1.54) is 0 Å². The Bertz CT molecular complexity index is 444. The van der Waals surface area contributed by atoms with Gasteiger partial charge in [0, 0.05) is 11.5 Å². The van der Waals surface area contributed by atoms with Crippen molar-refractivity contribution < 1.29 is 14.3 Å². The zero-order valence-electron chi connectivity index (χ0n) is 9.77. The minimum Gasteiger partial charge on any atom is -0.506 e. The topological polar surface area (TPSA) is 61.4 Å². The zero-order valence-corrected chi connectivity index (χ0v) is 10.5. The Hall–Kier alpha value is -1.49. The second-order valence-electron chi connectivity index (χ2n) is 4.61. The van der Waals surface area contributed by atoms with Gasteiger partial charge in [0.05, 0.1) is 10.7 Å². The van der Waals surface area contributed by atoms with Crippen LogP contribution in [0.4, 0.5) is 10.1 Å². The third kappa shape index (κ3) is 3.49. The summed E-state index contributed by atoms with van der Waals surface area (Å²) in [5.74, 6) is -1.23. The number of halogens is 2. The fourth-order valence-corrected chi connectivity index (χ4v) is 1.10. The molecule has 4 nitrogen and oxygen atoms in total. The van der Waals surface area contributed by atoms with E-state index < -0.39 is 11.2 Å². The number of carbonyl (C=O) groups is 1. The lowest BCUT2D eigenvalue weighted by Gasteiger charge is -2.18. The lowest BCUT2D eigenvalue weighted by molar-refractivity contribution is -0.127. The number of benzene rings is 1. The van der Waals surface area contributed by atoms with Crippen LogP contribution in [0.5, 0.6) is 5.75 Å². The molecule has 0 radical (unpaired) electrons. The molecule has 17 heavy (non-hydrogen) atoms. The molecular formula is C11H14ClFN2O2. The molecule has 1 rings (SSSR count). The van der Waals surface area contributed by atoms with Crippen LogP contribution in [0.25, 0.3) is 0 Å². The summed E-state index contributed by atoms with van der Waals surface area (Å²) >= 11 is 5.52. The smallest absolute Gasteiger partial charge is 0.243 e. The van der Waals surface area contributed by atoms with Gasteiger partial charge in [-0.3, -0.25) is 15.6 Å². The predicted octanol–water partition coefficient (Wildman–Crippen LogP) is 2.67. The highest BCUT2D eigenvalue weighted by atomic mass is 35.5. The molecule has 6 heteroatoms. The van der Waals surface area contributed by atoms with Crippen LogP contribution in [0.1, 0.15) is 20.8 Å². The van der Waals surface area contributed by atoms with Crippen molar-refractivity contribution >= 4 is 23.2 Å². The van der Waals surface area contributed by atoms with Crippen molar-refractivity contribution in [1.82, 2.24) is 5.43 Å². The molecule has 94 valence electrons. The van der Waals surface area contributed by atoms with E-state index in [2.05, 4.69) is 10.9 Å². The SMILES string of the molecule is CC(C)(C)C(=O)NNc1cc(O)c(Cl)cc1F. The summed E-state index contributed by atoms with van der Waals surface area (Å²) in [6.07, 6.45) is 0. The summed E-state index contributed by atoms with van der Waals surface area (Å²) in [6.45, 7) is 5.17. The van der Waals surface area contributed by atoms with Crippen LogP contribution in [0, 0.1) is 11.2 Å². The maximum atomic E-state index is 13.4.